The molecule has 0 atom stereocenters. The molecule has 0 aromatic carbocycles. The molecule has 4 heteroatoms. The standard InChI is InChI=1S/C7H7N3O/c11-3-6-5-1-2-8-7(5)10-4-9-6/h1-2,4,11H,3H2,(H,8,9,10). The smallest absolute Gasteiger partial charge is 0.141 e. The van der Waals surface area contributed by atoms with Crippen molar-refractivity contribution in [3.05, 3.63) is 24.3 Å². The van der Waals surface area contributed by atoms with Crippen molar-refractivity contribution in [2.24, 2.45) is 0 Å². The molecule has 0 bridgehead atoms. The molecule has 0 radical (unpaired) electrons. The van der Waals surface area contributed by atoms with Crippen molar-refractivity contribution in [3.8, 4) is 0 Å². The summed E-state index contributed by atoms with van der Waals surface area (Å²) >= 11 is 0. The first-order valence-corrected chi connectivity index (χ1v) is 3.29. The van der Waals surface area contributed by atoms with Gasteiger partial charge < -0.3 is 10.1 Å². The van der Waals surface area contributed by atoms with Crippen LogP contribution in [0, 0.1) is 0 Å². The van der Waals surface area contributed by atoms with E-state index in [9.17, 15) is 0 Å². The van der Waals surface area contributed by atoms with E-state index in [4.69, 9.17) is 5.11 Å². The van der Waals surface area contributed by atoms with Gasteiger partial charge in [0.05, 0.1) is 12.3 Å². The fourth-order valence-electron chi connectivity index (χ4n) is 1.05. The summed E-state index contributed by atoms with van der Waals surface area (Å²) in [6, 6.07) is 1.85. The lowest BCUT2D eigenvalue weighted by Gasteiger charge is -1.94. The highest BCUT2D eigenvalue weighted by Crippen LogP contribution is 2.11. The van der Waals surface area contributed by atoms with E-state index in [1.807, 2.05) is 6.07 Å². The quantitative estimate of drug-likeness (QED) is 0.618. The van der Waals surface area contributed by atoms with Crippen molar-refractivity contribution in [3.63, 3.8) is 0 Å². The third-order valence-corrected chi connectivity index (χ3v) is 1.59. The predicted octanol–water partition coefficient (Wildman–Crippen LogP) is 0.450. The van der Waals surface area contributed by atoms with Crippen molar-refractivity contribution in [1.29, 1.82) is 0 Å². The van der Waals surface area contributed by atoms with Crippen LogP contribution in [0.15, 0.2) is 18.6 Å². The summed E-state index contributed by atoms with van der Waals surface area (Å²) in [5, 5.41) is 9.73. The van der Waals surface area contributed by atoms with Crippen molar-refractivity contribution in [2.75, 3.05) is 0 Å². The maximum absolute atomic E-state index is 8.85. The molecule has 2 N–H and O–H groups in total. The molecule has 2 aromatic heterocycles. The number of aliphatic hydroxyl groups excluding tert-OH is 1. The van der Waals surface area contributed by atoms with Crippen LogP contribution in [0.3, 0.4) is 0 Å². The SMILES string of the molecule is OCc1ncnc2[nH]ccc12. The molecule has 0 aliphatic heterocycles. The van der Waals surface area contributed by atoms with E-state index in [0.29, 0.717) is 5.69 Å². The number of nitrogens with zero attached hydrogens (tertiary/aromatic N) is 2. The van der Waals surface area contributed by atoms with Gasteiger partial charge in [-0.15, -0.1) is 0 Å². The number of aliphatic hydroxyl groups is 1. The molecule has 11 heavy (non-hydrogen) atoms. The van der Waals surface area contributed by atoms with Gasteiger partial charge in [0.1, 0.15) is 12.0 Å². The number of nitrogens with one attached hydrogen (secondary N) is 1. The van der Waals surface area contributed by atoms with Crippen molar-refractivity contribution in [1.82, 2.24) is 15.0 Å². The third-order valence-electron chi connectivity index (χ3n) is 1.59. The molecule has 2 heterocycles. The van der Waals surface area contributed by atoms with Gasteiger partial charge >= 0.3 is 0 Å². The Morgan fingerprint density at radius 1 is 1.45 bits per heavy atom. The minimum Gasteiger partial charge on any atom is -0.390 e. The second kappa shape index (κ2) is 2.32. The average molecular weight is 149 g/mol. The van der Waals surface area contributed by atoms with Crippen LogP contribution in [0.2, 0.25) is 0 Å². The number of fused-ring (bicyclic) bond motifs is 1. The van der Waals surface area contributed by atoms with E-state index in [1.165, 1.54) is 6.33 Å². The molecule has 2 rings (SSSR count). The highest BCUT2D eigenvalue weighted by atomic mass is 16.3. The van der Waals surface area contributed by atoms with Crippen molar-refractivity contribution in [2.45, 2.75) is 6.61 Å². The molecule has 0 unspecified atom stereocenters. The maximum Gasteiger partial charge on any atom is 0.141 e. The van der Waals surface area contributed by atoms with E-state index in [2.05, 4.69) is 15.0 Å². The molecule has 0 aliphatic carbocycles. The molecule has 0 saturated heterocycles. The highest BCUT2D eigenvalue weighted by molar-refractivity contribution is 5.77. The van der Waals surface area contributed by atoms with Crippen LogP contribution in [0.5, 0.6) is 0 Å². The second-order valence-corrected chi connectivity index (χ2v) is 2.22. The first kappa shape index (κ1) is 6.30. The van der Waals surface area contributed by atoms with E-state index in [-0.39, 0.29) is 6.61 Å². The lowest BCUT2D eigenvalue weighted by Crippen LogP contribution is -1.90. The van der Waals surface area contributed by atoms with Crippen molar-refractivity contribution >= 4 is 11.0 Å². The molecule has 0 fully saturated rings. The Labute approximate surface area is 62.9 Å². The van der Waals surface area contributed by atoms with Gasteiger partial charge in [-0.1, -0.05) is 0 Å². The summed E-state index contributed by atoms with van der Waals surface area (Å²) < 4.78 is 0. The number of hydrogen-bond donors (Lipinski definition) is 2. The highest BCUT2D eigenvalue weighted by Gasteiger charge is 2.00. The van der Waals surface area contributed by atoms with Crippen LogP contribution in [-0.4, -0.2) is 20.1 Å². The van der Waals surface area contributed by atoms with Crippen LogP contribution in [0.4, 0.5) is 0 Å². The summed E-state index contributed by atoms with van der Waals surface area (Å²) in [5.41, 5.74) is 1.43. The minimum atomic E-state index is -0.0448. The van der Waals surface area contributed by atoms with Crippen molar-refractivity contribution < 1.29 is 5.11 Å². The molecule has 0 aliphatic rings. The molecule has 0 amide bonds. The number of aromatic amines is 1. The topological polar surface area (TPSA) is 61.8 Å². The number of rotatable bonds is 1. The zero-order chi connectivity index (χ0) is 7.68. The maximum atomic E-state index is 8.85. The Morgan fingerprint density at radius 2 is 2.36 bits per heavy atom. The number of hydrogen-bond acceptors (Lipinski definition) is 3. The van der Waals surface area contributed by atoms with Crippen LogP contribution >= 0.6 is 0 Å². The molecular formula is C7H7N3O. The first-order chi connectivity index (χ1) is 5.42. The van der Waals surface area contributed by atoms with Gasteiger partial charge in [0.2, 0.25) is 0 Å². The Balaban J connectivity index is 2.79. The van der Waals surface area contributed by atoms with Gasteiger partial charge in [-0.25, -0.2) is 9.97 Å². The summed E-state index contributed by atoms with van der Waals surface area (Å²) in [6.07, 6.45) is 3.21. The average Bonchev–Trinajstić information content (AvgIpc) is 2.50. The summed E-state index contributed by atoms with van der Waals surface area (Å²) in [5.74, 6) is 0. The van der Waals surface area contributed by atoms with E-state index >= 15 is 0 Å². The zero-order valence-electron chi connectivity index (χ0n) is 5.78. The predicted molar refractivity (Wildman–Crippen MR) is 39.8 cm³/mol. The van der Waals surface area contributed by atoms with Crippen LogP contribution in [0.25, 0.3) is 11.0 Å². The van der Waals surface area contributed by atoms with E-state index < -0.39 is 0 Å². The van der Waals surface area contributed by atoms with Gasteiger partial charge in [0.25, 0.3) is 0 Å². The fraction of sp³-hybridized carbons (Fsp3) is 0.143. The summed E-state index contributed by atoms with van der Waals surface area (Å²) in [4.78, 5) is 10.8. The molecular weight excluding hydrogens is 142 g/mol. The molecule has 0 spiro atoms. The van der Waals surface area contributed by atoms with Gasteiger partial charge in [0.15, 0.2) is 0 Å². The lowest BCUT2D eigenvalue weighted by molar-refractivity contribution is 0.278. The Hall–Kier alpha value is -1.42. The molecule has 0 saturated carbocycles. The van der Waals surface area contributed by atoms with E-state index in [0.717, 1.165) is 11.0 Å². The zero-order valence-corrected chi connectivity index (χ0v) is 5.78. The summed E-state index contributed by atoms with van der Waals surface area (Å²) in [7, 11) is 0. The largest absolute Gasteiger partial charge is 0.390 e. The third kappa shape index (κ3) is 0.877. The summed E-state index contributed by atoms with van der Waals surface area (Å²) in [6.45, 7) is -0.0448. The fourth-order valence-corrected chi connectivity index (χ4v) is 1.05. The minimum absolute atomic E-state index is 0.0448. The van der Waals surface area contributed by atoms with Gasteiger partial charge in [-0.3, -0.25) is 0 Å². The van der Waals surface area contributed by atoms with Gasteiger partial charge in [-0.2, -0.15) is 0 Å². The Morgan fingerprint density at radius 3 is 3.18 bits per heavy atom. The van der Waals surface area contributed by atoms with Gasteiger partial charge in [0, 0.05) is 11.6 Å². The molecule has 56 valence electrons. The lowest BCUT2D eigenvalue weighted by atomic mass is 10.3. The van der Waals surface area contributed by atoms with E-state index in [1.54, 1.807) is 6.20 Å². The first-order valence-electron chi connectivity index (χ1n) is 3.29. The molecule has 2 aromatic rings. The van der Waals surface area contributed by atoms with Crippen LogP contribution in [-0.2, 0) is 6.61 Å². The number of aromatic nitrogens is 3. The van der Waals surface area contributed by atoms with Gasteiger partial charge in [-0.05, 0) is 6.07 Å². The number of H-pyrrole nitrogens is 1. The second-order valence-electron chi connectivity index (χ2n) is 2.22. The monoisotopic (exact) mass is 149 g/mol. The van der Waals surface area contributed by atoms with Crippen LogP contribution < -0.4 is 0 Å². The van der Waals surface area contributed by atoms with Crippen LogP contribution in [0.1, 0.15) is 5.69 Å². The Kier molecular flexibility index (Phi) is 1.33. The normalized spacial score (nSPS) is 10.6. The Bertz CT molecular complexity index is 368. The molecule has 4 nitrogen and oxygen atoms in total.